The molecular formula is C12H18ClN3O. The average Bonchev–Trinajstić information content (AvgIpc) is 2.32. The van der Waals surface area contributed by atoms with Crippen molar-refractivity contribution in [1.82, 2.24) is 9.97 Å². The number of rotatable bonds is 2. The molecular weight excluding hydrogens is 238 g/mol. The Labute approximate surface area is 107 Å². The van der Waals surface area contributed by atoms with Gasteiger partial charge in [0.05, 0.1) is 7.11 Å². The van der Waals surface area contributed by atoms with Crippen LogP contribution in [0.25, 0.3) is 0 Å². The van der Waals surface area contributed by atoms with E-state index in [1.165, 1.54) is 12.7 Å². The molecule has 1 aromatic rings. The molecule has 4 nitrogen and oxygen atoms in total. The lowest BCUT2D eigenvalue weighted by Gasteiger charge is -2.36. The zero-order valence-electron chi connectivity index (χ0n) is 10.5. The third-order valence-corrected chi connectivity index (χ3v) is 3.85. The van der Waals surface area contributed by atoms with Gasteiger partial charge in [0.15, 0.2) is 16.7 Å². The number of hydrogen-bond acceptors (Lipinski definition) is 4. The fraction of sp³-hybridized carbons (Fsp3) is 0.667. The summed E-state index contributed by atoms with van der Waals surface area (Å²) in [5.41, 5.74) is 0. The van der Waals surface area contributed by atoms with Crippen molar-refractivity contribution in [3.63, 3.8) is 0 Å². The number of aromatic nitrogens is 2. The van der Waals surface area contributed by atoms with Crippen molar-refractivity contribution < 1.29 is 4.74 Å². The van der Waals surface area contributed by atoms with Crippen molar-refractivity contribution in [3.8, 4) is 5.75 Å². The highest BCUT2D eigenvalue weighted by Crippen LogP contribution is 2.34. The first kappa shape index (κ1) is 12.4. The summed E-state index contributed by atoms with van der Waals surface area (Å²) < 4.78 is 5.29. The molecule has 0 spiro atoms. The van der Waals surface area contributed by atoms with E-state index in [-0.39, 0.29) is 0 Å². The molecule has 1 aliphatic heterocycles. The summed E-state index contributed by atoms with van der Waals surface area (Å²) in [6, 6.07) is 0. The summed E-state index contributed by atoms with van der Waals surface area (Å²) in [5.74, 6) is 2.80. The van der Waals surface area contributed by atoms with E-state index in [2.05, 4.69) is 28.7 Å². The number of nitrogens with zero attached hydrogens (tertiary/aromatic N) is 3. The topological polar surface area (TPSA) is 38.3 Å². The first-order chi connectivity index (χ1) is 8.13. The lowest BCUT2D eigenvalue weighted by molar-refractivity contribution is 0.319. The third kappa shape index (κ3) is 2.46. The second-order valence-corrected chi connectivity index (χ2v) is 5.07. The van der Waals surface area contributed by atoms with Gasteiger partial charge < -0.3 is 9.64 Å². The van der Waals surface area contributed by atoms with Crippen LogP contribution in [-0.2, 0) is 0 Å². The van der Waals surface area contributed by atoms with Crippen molar-refractivity contribution in [2.75, 3.05) is 25.1 Å². The van der Waals surface area contributed by atoms with Gasteiger partial charge in [-0.3, -0.25) is 0 Å². The highest BCUT2D eigenvalue weighted by atomic mass is 35.5. The Morgan fingerprint density at radius 2 is 2.12 bits per heavy atom. The molecule has 1 aromatic heterocycles. The molecule has 0 radical (unpaired) electrons. The predicted octanol–water partition coefficient (Wildman–Crippen LogP) is 2.62. The Balaban J connectivity index is 2.25. The van der Waals surface area contributed by atoms with E-state index in [0.29, 0.717) is 16.8 Å². The zero-order chi connectivity index (χ0) is 12.4. The first-order valence-electron chi connectivity index (χ1n) is 5.93. The van der Waals surface area contributed by atoms with Crippen LogP contribution in [0.5, 0.6) is 5.75 Å². The van der Waals surface area contributed by atoms with E-state index in [0.717, 1.165) is 24.8 Å². The van der Waals surface area contributed by atoms with Crippen molar-refractivity contribution in [1.29, 1.82) is 0 Å². The lowest BCUT2D eigenvalue weighted by atomic mass is 9.89. The molecule has 1 fully saturated rings. The fourth-order valence-corrected chi connectivity index (χ4v) is 2.41. The largest absolute Gasteiger partial charge is 0.490 e. The molecule has 1 aliphatic rings. The van der Waals surface area contributed by atoms with Gasteiger partial charge in [-0.1, -0.05) is 25.4 Å². The van der Waals surface area contributed by atoms with Gasteiger partial charge in [0.1, 0.15) is 6.33 Å². The zero-order valence-corrected chi connectivity index (χ0v) is 11.2. The minimum absolute atomic E-state index is 0.378. The molecule has 2 heterocycles. The molecule has 0 bridgehead atoms. The minimum Gasteiger partial charge on any atom is -0.490 e. The molecule has 0 N–H and O–H groups in total. The Morgan fingerprint density at radius 3 is 2.76 bits per heavy atom. The van der Waals surface area contributed by atoms with Crippen LogP contribution < -0.4 is 9.64 Å². The SMILES string of the molecule is COc1c(Cl)ncnc1N1CCC(C)C(C)C1. The van der Waals surface area contributed by atoms with Gasteiger partial charge in [-0.2, -0.15) is 0 Å². The first-order valence-corrected chi connectivity index (χ1v) is 6.30. The lowest BCUT2D eigenvalue weighted by Crippen LogP contribution is -2.39. The smallest absolute Gasteiger partial charge is 0.199 e. The maximum atomic E-state index is 6.01. The summed E-state index contributed by atoms with van der Waals surface area (Å²) >= 11 is 6.01. The normalized spacial score (nSPS) is 24.8. The molecule has 94 valence electrons. The summed E-state index contributed by atoms with van der Waals surface area (Å²) in [4.78, 5) is 10.5. The maximum Gasteiger partial charge on any atom is 0.199 e. The number of piperidine rings is 1. The van der Waals surface area contributed by atoms with Crippen LogP contribution in [0.15, 0.2) is 6.33 Å². The van der Waals surface area contributed by atoms with Crippen LogP contribution >= 0.6 is 11.6 Å². The number of hydrogen-bond donors (Lipinski definition) is 0. The van der Waals surface area contributed by atoms with E-state index in [1.807, 2.05) is 0 Å². The quantitative estimate of drug-likeness (QED) is 0.762. The van der Waals surface area contributed by atoms with Crippen molar-refractivity contribution >= 4 is 17.4 Å². The standard InChI is InChI=1S/C12H18ClN3O/c1-8-4-5-16(6-9(8)2)12-10(17-3)11(13)14-7-15-12/h7-9H,4-6H2,1-3H3. The molecule has 5 heteroatoms. The van der Waals surface area contributed by atoms with Gasteiger partial charge in [0.2, 0.25) is 0 Å². The van der Waals surface area contributed by atoms with Crippen LogP contribution in [0.3, 0.4) is 0 Å². The van der Waals surface area contributed by atoms with Gasteiger partial charge in [-0.05, 0) is 18.3 Å². The van der Waals surface area contributed by atoms with E-state index >= 15 is 0 Å². The van der Waals surface area contributed by atoms with Crippen molar-refractivity contribution in [2.45, 2.75) is 20.3 Å². The van der Waals surface area contributed by atoms with Gasteiger partial charge in [0, 0.05) is 13.1 Å². The summed E-state index contributed by atoms with van der Waals surface area (Å²) in [6.45, 7) is 6.55. The second-order valence-electron chi connectivity index (χ2n) is 4.71. The fourth-order valence-electron chi connectivity index (χ4n) is 2.20. The Hall–Kier alpha value is -1.03. The molecule has 17 heavy (non-hydrogen) atoms. The van der Waals surface area contributed by atoms with Crippen LogP contribution in [0.1, 0.15) is 20.3 Å². The molecule has 0 saturated carbocycles. The molecule has 0 aromatic carbocycles. The van der Waals surface area contributed by atoms with Crippen LogP contribution in [0.4, 0.5) is 5.82 Å². The highest BCUT2D eigenvalue weighted by Gasteiger charge is 2.26. The van der Waals surface area contributed by atoms with Crippen molar-refractivity contribution in [3.05, 3.63) is 11.5 Å². The number of ether oxygens (including phenoxy) is 1. The summed E-state index contributed by atoms with van der Waals surface area (Å²) in [5, 5.41) is 0.378. The molecule has 0 amide bonds. The number of anilines is 1. The van der Waals surface area contributed by atoms with Gasteiger partial charge in [-0.25, -0.2) is 9.97 Å². The van der Waals surface area contributed by atoms with E-state index in [4.69, 9.17) is 16.3 Å². The maximum absolute atomic E-state index is 6.01. The van der Waals surface area contributed by atoms with Gasteiger partial charge >= 0.3 is 0 Å². The van der Waals surface area contributed by atoms with Crippen LogP contribution in [-0.4, -0.2) is 30.2 Å². The average molecular weight is 256 g/mol. The molecule has 0 aliphatic carbocycles. The molecule has 2 unspecified atom stereocenters. The number of halogens is 1. The minimum atomic E-state index is 0.378. The Morgan fingerprint density at radius 1 is 1.35 bits per heavy atom. The van der Waals surface area contributed by atoms with Crippen LogP contribution in [0, 0.1) is 11.8 Å². The molecule has 2 rings (SSSR count). The van der Waals surface area contributed by atoms with Crippen molar-refractivity contribution in [2.24, 2.45) is 11.8 Å². The highest BCUT2D eigenvalue weighted by molar-refractivity contribution is 6.31. The third-order valence-electron chi connectivity index (χ3n) is 3.58. The Kier molecular flexibility index (Phi) is 3.72. The summed E-state index contributed by atoms with van der Waals surface area (Å²) in [7, 11) is 1.60. The van der Waals surface area contributed by atoms with Crippen LogP contribution in [0.2, 0.25) is 5.15 Å². The summed E-state index contributed by atoms with van der Waals surface area (Å²) in [6.07, 6.45) is 2.66. The second kappa shape index (κ2) is 5.08. The van der Waals surface area contributed by atoms with Gasteiger partial charge in [-0.15, -0.1) is 0 Å². The van der Waals surface area contributed by atoms with Gasteiger partial charge in [0.25, 0.3) is 0 Å². The van der Waals surface area contributed by atoms with E-state index in [1.54, 1.807) is 7.11 Å². The predicted molar refractivity (Wildman–Crippen MR) is 68.8 cm³/mol. The monoisotopic (exact) mass is 255 g/mol. The Bertz CT molecular complexity index is 399. The molecule has 2 atom stereocenters. The van der Waals surface area contributed by atoms with E-state index < -0.39 is 0 Å². The molecule has 1 saturated heterocycles. The van der Waals surface area contributed by atoms with E-state index in [9.17, 15) is 0 Å². The number of methoxy groups -OCH3 is 1.